The standard InChI is InChI=1S/C15H24N2O4/c1-15(2,13(19)20)9-12(18)16-14(21)17-8-4-6-10-5-3-7-11(10)17/h10-11H,3-9H2,1-2H3,(H,19,20)(H,16,18,21). The van der Waals surface area contributed by atoms with E-state index >= 15 is 0 Å². The van der Waals surface area contributed by atoms with E-state index < -0.39 is 17.3 Å². The summed E-state index contributed by atoms with van der Waals surface area (Å²) in [7, 11) is 0. The van der Waals surface area contributed by atoms with Crippen molar-refractivity contribution < 1.29 is 19.5 Å². The molecule has 6 heteroatoms. The third-order valence-electron chi connectivity index (χ3n) is 4.68. The summed E-state index contributed by atoms with van der Waals surface area (Å²) in [6.07, 6.45) is 5.24. The van der Waals surface area contributed by atoms with Crippen molar-refractivity contribution in [3.8, 4) is 0 Å². The molecule has 2 rings (SSSR count). The van der Waals surface area contributed by atoms with Gasteiger partial charge in [-0.2, -0.15) is 0 Å². The molecule has 0 radical (unpaired) electrons. The third-order valence-corrected chi connectivity index (χ3v) is 4.68. The quantitative estimate of drug-likeness (QED) is 0.834. The first kappa shape index (κ1) is 15.8. The van der Waals surface area contributed by atoms with Crippen LogP contribution in [0.15, 0.2) is 0 Å². The summed E-state index contributed by atoms with van der Waals surface area (Å²) >= 11 is 0. The summed E-state index contributed by atoms with van der Waals surface area (Å²) in [4.78, 5) is 36.9. The highest BCUT2D eigenvalue weighted by Gasteiger charge is 2.38. The number of urea groups is 1. The van der Waals surface area contributed by atoms with Gasteiger partial charge in [0.25, 0.3) is 0 Å². The van der Waals surface area contributed by atoms with E-state index in [1.165, 1.54) is 13.8 Å². The van der Waals surface area contributed by atoms with Crippen molar-refractivity contribution >= 4 is 17.9 Å². The lowest BCUT2D eigenvalue weighted by Gasteiger charge is -2.37. The fourth-order valence-corrected chi connectivity index (χ4v) is 3.42. The van der Waals surface area contributed by atoms with Gasteiger partial charge in [-0.25, -0.2) is 4.79 Å². The zero-order valence-electron chi connectivity index (χ0n) is 12.7. The van der Waals surface area contributed by atoms with Crippen LogP contribution in [0.1, 0.15) is 52.4 Å². The second kappa shape index (κ2) is 6.03. The Morgan fingerprint density at radius 1 is 1.19 bits per heavy atom. The van der Waals surface area contributed by atoms with Gasteiger partial charge in [0, 0.05) is 19.0 Å². The number of nitrogens with zero attached hydrogens (tertiary/aromatic N) is 1. The lowest BCUT2D eigenvalue weighted by Crippen LogP contribution is -2.52. The smallest absolute Gasteiger partial charge is 0.324 e. The number of nitrogens with one attached hydrogen (secondary N) is 1. The highest BCUT2D eigenvalue weighted by Crippen LogP contribution is 2.36. The Morgan fingerprint density at radius 2 is 1.86 bits per heavy atom. The topological polar surface area (TPSA) is 86.7 Å². The molecule has 0 bridgehead atoms. The molecule has 1 aliphatic carbocycles. The Bertz CT molecular complexity index is 447. The van der Waals surface area contributed by atoms with Crippen LogP contribution in [0.2, 0.25) is 0 Å². The molecule has 2 fully saturated rings. The van der Waals surface area contributed by atoms with Gasteiger partial charge in [0.2, 0.25) is 5.91 Å². The number of hydrogen-bond donors (Lipinski definition) is 2. The molecule has 2 aliphatic rings. The molecular weight excluding hydrogens is 272 g/mol. The van der Waals surface area contributed by atoms with Gasteiger partial charge in [-0.1, -0.05) is 6.42 Å². The van der Waals surface area contributed by atoms with Crippen molar-refractivity contribution in [3.05, 3.63) is 0 Å². The van der Waals surface area contributed by atoms with Crippen LogP contribution in [0.4, 0.5) is 4.79 Å². The number of amides is 3. The van der Waals surface area contributed by atoms with E-state index in [9.17, 15) is 14.4 Å². The zero-order chi connectivity index (χ0) is 15.6. The number of carbonyl (C=O) groups is 3. The molecule has 21 heavy (non-hydrogen) atoms. The van der Waals surface area contributed by atoms with Crippen LogP contribution in [0.5, 0.6) is 0 Å². The number of likely N-dealkylation sites (tertiary alicyclic amines) is 1. The second-order valence-corrected chi connectivity index (χ2v) is 6.81. The molecule has 6 nitrogen and oxygen atoms in total. The average Bonchev–Trinajstić information content (AvgIpc) is 2.85. The molecule has 0 aromatic carbocycles. The minimum absolute atomic E-state index is 0.198. The molecule has 0 aromatic rings. The monoisotopic (exact) mass is 296 g/mol. The number of hydrogen-bond acceptors (Lipinski definition) is 3. The molecule has 0 aromatic heterocycles. The van der Waals surface area contributed by atoms with Gasteiger partial charge in [0.05, 0.1) is 5.41 Å². The number of fused-ring (bicyclic) bond motifs is 1. The Labute approximate surface area is 124 Å². The lowest BCUT2D eigenvalue weighted by atomic mass is 9.89. The van der Waals surface area contributed by atoms with Gasteiger partial charge in [-0.05, 0) is 45.4 Å². The molecule has 118 valence electrons. The molecule has 2 unspecified atom stereocenters. The van der Waals surface area contributed by atoms with Gasteiger partial charge in [0.1, 0.15) is 0 Å². The molecule has 0 spiro atoms. The molecule has 1 aliphatic heterocycles. The predicted molar refractivity (Wildman–Crippen MR) is 76.6 cm³/mol. The normalized spacial score (nSPS) is 25.3. The molecule has 2 N–H and O–H groups in total. The minimum Gasteiger partial charge on any atom is -0.481 e. The Morgan fingerprint density at radius 3 is 2.52 bits per heavy atom. The number of piperidine rings is 1. The average molecular weight is 296 g/mol. The lowest BCUT2D eigenvalue weighted by molar-refractivity contribution is -0.149. The second-order valence-electron chi connectivity index (χ2n) is 6.81. The summed E-state index contributed by atoms with van der Waals surface area (Å²) < 4.78 is 0. The van der Waals surface area contributed by atoms with E-state index in [0.29, 0.717) is 12.5 Å². The van der Waals surface area contributed by atoms with E-state index in [-0.39, 0.29) is 18.5 Å². The van der Waals surface area contributed by atoms with Crippen molar-refractivity contribution in [1.29, 1.82) is 0 Å². The largest absolute Gasteiger partial charge is 0.481 e. The van der Waals surface area contributed by atoms with E-state index in [1.807, 2.05) is 0 Å². The van der Waals surface area contributed by atoms with Gasteiger partial charge < -0.3 is 10.0 Å². The van der Waals surface area contributed by atoms with Crippen molar-refractivity contribution in [2.45, 2.75) is 58.4 Å². The first-order chi connectivity index (χ1) is 9.81. The maximum absolute atomic E-state index is 12.3. The summed E-state index contributed by atoms with van der Waals surface area (Å²) in [5.74, 6) is -0.999. The third kappa shape index (κ3) is 3.54. The van der Waals surface area contributed by atoms with E-state index in [1.54, 1.807) is 4.90 Å². The zero-order valence-corrected chi connectivity index (χ0v) is 12.7. The molecule has 3 amide bonds. The van der Waals surface area contributed by atoms with Crippen LogP contribution in [0.25, 0.3) is 0 Å². The number of aliphatic carboxylic acids is 1. The molecule has 2 atom stereocenters. The van der Waals surface area contributed by atoms with Crippen molar-refractivity contribution in [1.82, 2.24) is 10.2 Å². The maximum Gasteiger partial charge on any atom is 0.324 e. The van der Waals surface area contributed by atoms with Crippen LogP contribution in [0, 0.1) is 11.3 Å². The number of carboxylic acids is 1. The summed E-state index contributed by atoms with van der Waals surface area (Å²) in [6, 6.07) is -0.114. The highest BCUT2D eigenvalue weighted by atomic mass is 16.4. The van der Waals surface area contributed by atoms with Crippen LogP contribution in [-0.4, -0.2) is 40.5 Å². The Hall–Kier alpha value is -1.59. The fraction of sp³-hybridized carbons (Fsp3) is 0.800. The highest BCUT2D eigenvalue weighted by molar-refractivity contribution is 5.96. The molecular formula is C15H24N2O4. The first-order valence-corrected chi connectivity index (χ1v) is 7.65. The van der Waals surface area contributed by atoms with E-state index in [4.69, 9.17) is 5.11 Å². The van der Waals surface area contributed by atoms with Gasteiger partial charge in [-0.15, -0.1) is 0 Å². The SMILES string of the molecule is CC(C)(CC(=O)NC(=O)N1CCCC2CCCC21)C(=O)O. The van der Waals surface area contributed by atoms with Gasteiger partial charge in [0.15, 0.2) is 0 Å². The van der Waals surface area contributed by atoms with E-state index in [2.05, 4.69) is 5.32 Å². The Kier molecular flexibility index (Phi) is 4.54. The van der Waals surface area contributed by atoms with Gasteiger partial charge >= 0.3 is 12.0 Å². The fourth-order valence-electron chi connectivity index (χ4n) is 3.42. The number of imide groups is 1. The minimum atomic E-state index is -1.16. The molecule has 1 heterocycles. The summed E-state index contributed by atoms with van der Waals surface area (Å²) in [5, 5.41) is 11.4. The first-order valence-electron chi connectivity index (χ1n) is 7.65. The summed E-state index contributed by atoms with van der Waals surface area (Å²) in [6.45, 7) is 3.64. The van der Waals surface area contributed by atoms with Crippen molar-refractivity contribution in [3.63, 3.8) is 0 Å². The maximum atomic E-state index is 12.3. The predicted octanol–water partition coefficient (Wildman–Crippen LogP) is 1.99. The number of rotatable bonds is 3. The number of carboxylic acid groups (broad SMARTS) is 1. The van der Waals surface area contributed by atoms with Crippen molar-refractivity contribution in [2.24, 2.45) is 11.3 Å². The van der Waals surface area contributed by atoms with Crippen LogP contribution in [-0.2, 0) is 9.59 Å². The number of carbonyl (C=O) groups excluding carboxylic acids is 2. The van der Waals surface area contributed by atoms with Crippen LogP contribution in [0.3, 0.4) is 0 Å². The molecule has 1 saturated carbocycles. The van der Waals surface area contributed by atoms with E-state index in [0.717, 1.165) is 32.1 Å². The van der Waals surface area contributed by atoms with Crippen LogP contribution < -0.4 is 5.32 Å². The van der Waals surface area contributed by atoms with Gasteiger partial charge in [-0.3, -0.25) is 14.9 Å². The molecule has 1 saturated heterocycles. The summed E-state index contributed by atoms with van der Waals surface area (Å²) in [5.41, 5.74) is -1.16. The van der Waals surface area contributed by atoms with Crippen molar-refractivity contribution in [2.75, 3.05) is 6.54 Å². The Balaban J connectivity index is 1.91. The van der Waals surface area contributed by atoms with Crippen LogP contribution >= 0.6 is 0 Å².